The van der Waals surface area contributed by atoms with E-state index in [4.69, 9.17) is 10.3 Å². The third-order valence-corrected chi connectivity index (χ3v) is 5.72. The van der Waals surface area contributed by atoms with Gasteiger partial charge in [-0.05, 0) is 36.6 Å². The van der Waals surface area contributed by atoms with Crippen LogP contribution in [0.15, 0.2) is 77.3 Å². The summed E-state index contributed by atoms with van der Waals surface area (Å²) in [6.45, 7) is 2.00. The molecule has 2 heterocycles. The van der Waals surface area contributed by atoms with Crippen LogP contribution < -0.4 is 11.1 Å². The van der Waals surface area contributed by atoms with E-state index in [9.17, 15) is 4.79 Å². The second kappa shape index (κ2) is 8.32. The number of carbonyl (C=O) groups excluding carboxylic acids is 1. The fraction of sp³-hybridized carbons (Fsp3) is 0.130. The lowest BCUT2D eigenvalue weighted by Gasteiger charge is -2.19. The molecule has 29 heavy (non-hydrogen) atoms. The molecule has 0 spiro atoms. The minimum atomic E-state index is -0.297. The Hall–Kier alpha value is -3.38. The molecule has 3 N–H and O–H groups in total. The van der Waals surface area contributed by atoms with Gasteiger partial charge < -0.3 is 15.6 Å². The Bertz CT molecular complexity index is 1100. The summed E-state index contributed by atoms with van der Waals surface area (Å²) in [6, 6.07) is 23.7. The highest BCUT2D eigenvalue weighted by atomic mass is 32.1. The number of aryl methyl sites for hydroxylation is 1. The Morgan fingerprint density at radius 2 is 1.76 bits per heavy atom. The molecule has 2 aromatic carbocycles. The van der Waals surface area contributed by atoms with Crippen LogP contribution in [0.2, 0.25) is 0 Å². The molecule has 6 heteroatoms. The van der Waals surface area contributed by atoms with Crippen LogP contribution in [0.5, 0.6) is 0 Å². The van der Waals surface area contributed by atoms with Gasteiger partial charge in [0.25, 0.3) is 5.91 Å². The number of amides is 1. The first-order valence-corrected chi connectivity index (χ1v) is 10.1. The number of nitrogens with zero attached hydrogens (tertiary/aromatic N) is 1. The van der Waals surface area contributed by atoms with Gasteiger partial charge in [0.2, 0.25) is 5.88 Å². The van der Waals surface area contributed by atoms with Crippen molar-refractivity contribution in [1.82, 2.24) is 10.5 Å². The van der Waals surface area contributed by atoms with Crippen molar-refractivity contribution in [2.45, 2.75) is 19.4 Å². The molecule has 0 fully saturated rings. The Morgan fingerprint density at radius 1 is 1.07 bits per heavy atom. The van der Waals surface area contributed by atoms with Gasteiger partial charge in [0.15, 0.2) is 0 Å². The number of nitrogens with one attached hydrogen (secondary N) is 1. The van der Waals surface area contributed by atoms with E-state index in [0.29, 0.717) is 12.1 Å². The lowest BCUT2D eigenvalue weighted by molar-refractivity contribution is 0.0937. The smallest absolute Gasteiger partial charge is 0.259 e. The monoisotopic (exact) mass is 403 g/mol. The summed E-state index contributed by atoms with van der Waals surface area (Å²) in [5.74, 6) is -0.273. The molecule has 1 amide bonds. The molecule has 0 aliphatic heterocycles. The maximum Gasteiger partial charge on any atom is 0.259 e. The lowest BCUT2D eigenvalue weighted by Crippen LogP contribution is -2.30. The number of anilines is 1. The number of benzene rings is 2. The van der Waals surface area contributed by atoms with E-state index in [2.05, 4.69) is 22.6 Å². The normalized spacial score (nSPS) is 11.9. The molecular weight excluding hydrogens is 382 g/mol. The van der Waals surface area contributed by atoms with Crippen LogP contribution in [0, 0.1) is 6.92 Å². The molecule has 0 saturated heterocycles. The first-order chi connectivity index (χ1) is 14.1. The van der Waals surface area contributed by atoms with E-state index in [1.807, 2.05) is 67.6 Å². The molecule has 5 nitrogen and oxygen atoms in total. The first kappa shape index (κ1) is 19.0. The van der Waals surface area contributed by atoms with E-state index in [1.54, 1.807) is 11.3 Å². The predicted molar refractivity (Wildman–Crippen MR) is 116 cm³/mol. The van der Waals surface area contributed by atoms with Crippen molar-refractivity contribution in [1.29, 1.82) is 0 Å². The highest BCUT2D eigenvalue weighted by Crippen LogP contribution is 2.33. The largest absolute Gasteiger partial charge is 0.367 e. The van der Waals surface area contributed by atoms with Crippen LogP contribution in [0.4, 0.5) is 5.88 Å². The van der Waals surface area contributed by atoms with Crippen molar-refractivity contribution in [3.63, 3.8) is 0 Å². The molecule has 0 radical (unpaired) electrons. The van der Waals surface area contributed by atoms with Gasteiger partial charge in [-0.15, -0.1) is 11.3 Å². The van der Waals surface area contributed by atoms with Crippen molar-refractivity contribution >= 4 is 23.1 Å². The topological polar surface area (TPSA) is 81.2 Å². The van der Waals surface area contributed by atoms with Gasteiger partial charge in [-0.25, -0.2) is 0 Å². The van der Waals surface area contributed by atoms with E-state index in [-0.39, 0.29) is 23.4 Å². The Morgan fingerprint density at radius 3 is 2.41 bits per heavy atom. The second-order valence-corrected chi connectivity index (χ2v) is 8.10. The molecule has 0 saturated carbocycles. The number of aromatic nitrogens is 1. The summed E-state index contributed by atoms with van der Waals surface area (Å²) in [7, 11) is 0. The summed E-state index contributed by atoms with van der Waals surface area (Å²) in [5.41, 5.74) is 8.88. The average molecular weight is 404 g/mol. The zero-order valence-corrected chi connectivity index (χ0v) is 16.8. The van der Waals surface area contributed by atoms with Gasteiger partial charge in [0.05, 0.1) is 10.9 Å². The molecule has 4 aromatic rings. The summed E-state index contributed by atoms with van der Waals surface area (Å²) in [4.78, 5) is 15.2. The summed E-state index contributed by atoms with van der Waals surface area (Å²) in [6.07, 6.45) is 0.662. The molecular formula is C23H21N3O2S. The number of nitrogen functional groups attached to an aromatic ring is 1. The second-order valence-electron chi connectivity index (χ2n) is 6.81. The summed E-state index contributed by atoms with van der Waals surface area (Å²) in [5, 5.41) is 7.16. The van der Waals surface area contributed by atoms with Crippen molar-refractivity contribution in [2.75, 3.05) is 5.73 Å². The highest BCUT2D eigenvalue weighted by Gasteiger charge is 2.26. The standard InChI is InChI=1S/C23H21N3O2S/c1-15-12-13-19(29-15)21-20(22(24)28-26-21)23(27)25-18(17-10-6-3-7-11-17)14-16-8-4-2-5-9-16/h2-13,18H,14,24H2,1H3,(H,25,27). The fourth-order valence-corrected chi connectivity index (χ4v) is 4.13. The number of nitrogens with two attached hydrogens (primary N) is 1. The van der Waals surface area contributed by atoms with Gasteiger partial charge in [-0.2, -0.15) is 0 Å². The van der Waals surface area contributed by atoms with Gasteiger partial charge in [-0.1, -0.05) is 65.8 Å². The number of hydrogen-bond acceptors (Lipinski definition) is 5. The predicted octanol–water partition coefficient (Wildman–Crippen LogP) is 5.01. The Labute approximate surface area is 173 Å². The van der Waals surface area contributed by atoms with E-state index < -0.39 is 0 Å². The van der Waals surface area contributed by atoms with Crippen LogP contribution in [0.25, 0.3) is 10.6 Å². The number of thiophene rings is 1. The van der Waals surface area contributed by atoms with Crippen LogP contribution in [-0.4, -0.2) is 11.1 Å². The summed E-state index contributed by atoms with van der Waals surface area (Å²) >= 11 is 1.55. The van der Waals surface area contributed by atoms with Crippen molar-refractivity contribution < 1.29 is 9.32 Å². The number of rotatable bonds is 6. The highest BCUT2D eigenvalue weighted by molar-refractivity contribution is 7.15. The molecule has 2 aromatic heterocycles. The zero-order chi connectivity index (χ0) is 20.2. The van der Waals surface area contributed by atoms with Crippen LogP contribution in [0.3, 0.4) is 0 Å². The lowest BCUT2D eigenvalue weighted by atomic mass is 9.98. The van der Waals surface area contributed by atoms with Crippen LogP contribution in [0.1, 0.15) is 32.4 Å². The average Bonchev–Trinajstić information content (AvgIpc) is 3.34. The van der Waals surface area contributed by atoms with E-state index in [1.165, 1.54) is 0 Å². The number of carbonyl (C=O) groups is 1. The number of hydrogen-bond donors (Lipinski definition) is 2. The van der Waals surface area contributed by atoms with Crippen molar-refractivity contribution in [3.8, 4) is 10.6 Å². The van der Waals surface area contributed by atoms with Gasteiger partial charge in [-0.3, -0.25) is 4.79 Å². The molecule has 146 valence electrons. The quantitative estimate of drug-likeness (QED) is 0.474. The molecule has 0 bridgehead atoms. The maximum absolute atomic E-state index is 13.2. The van der Waals surface area contributed by atoms with Gasteiger partial charge >= 0.3 is 0 Å². The van der Waals surface area contributed by atoms with E-state index >= 15 is 0 Å². The van der Waals surface area contributed by atoms with Crippen LogP contribution >= 0.6 is 11.3 Å². The van der Waals surface area contributed by atoms with Crippen molar-refractivity contribution in [3.05, 3.63) is 94.4 Å². The molecule has 1 unspecified atom stereocenters. The SMILES string of the molecule is Cc1ccc(-c2noc(N)c2C(=O)NC(Cc2ccccc2)c2ccccc2)s1. The van der Waals surface area contributed by atoms with Crippen LogP contribution in [-0.2, 0) is 6.42 Å². The molecule has 1 atom stereocenters. The van der Waals surface area contributed by atoms with Gasteiger partial charge in [0.1, 0.15) is 11.3 Å². The zero-order valence-electron chi connectivity index (χ0n) is 16.0. The first-order valence-electron chi connectivity index (χ1n) is 9.33. The summed E-state index contributed by atoms with van der Waals surface area (Å²) < 4.78 is 5.16. The fourth-order valence-electron chi connectivity index (χ4n) is 3.27. The molecule has 4 rings (SSSR count). The third kappa shape index (κ3) is 4.22. The molecule has 0 aliphatic carbocycles. The third-order valence-electron chi connectivity index (χ3n) is 4.71. The van der Waals surface area contributed by atoms with Gasteiger partial charge in [0, 0.05) is 4.88 Å². The van der Waals surface area contributed by atoms with Crippen molar-refractivity contribution in [2.24, 2.45) is 0 Å². The molecule has 0 aliphatic rings. The Kier molecular flexibility index (Phi) is 5.44. The van der Waals surface area contributed by atoms with E-state index in [0.717, 1.165) is 20.9 Å². The minimum Gasteiger partial charge on any atom is -0.367 e. The minimum absolute atomic E-state index is 0.0232. The maximum atomic E-state index is 13.2. The Balaban J connectivity index is 1.65.